The summed E-state index contributed by atoms with van der Waals surface area (Å²) in [6.45, 7) is 0.979. The number of hydrogen-bond donors (Lipinski definition) is 0. The number of aryl methyl sites for hydroxylation is 1. The van der Waals surface area contributed by atoms with Gasteiger partial charge < -0.3 is 9.64 Å². The first-order valence-electron chi connectivity index (χ1n) is 13.4. The second kappa shape index (κ2) is 9.32. The molecule has 0 bridgehead atoms. The van der Waals surface area contributed by atoms with E-state index in [4.69, 9.17) is 15.7 Å². The number of carbonyl (C=O) groups is 1. The minimum Gasteiger partial charge on any atom is -0.358 e. The summed E-state index contributed by atoms with van der Waals surface area (Å²) in [6, 6.07) is -3.16. The summed E-state index contributed by atoms with van der Waals surface area (Å²) in [5.74, 6) is -0.934. The highest BCUT2D eigenvalue weighted by atomic mass is 16.5. The molecule has 29 heavy (non-hydrogen) atoms. The first kappa shape index (κ1) is 12.9. The van der Waals surface area contributed by atoms with Gasteiger partial charge in [0, 0.05) is 62.4 Å². The topological polar surface area (TPSA) is 85.5 Å². The number of amides is 1. The molecule has 0 aliphatic carbocycles. The van der Waals surface area contributed by atoms with Gasteiger partial charge in [-0.05, 0) is 29.4 Å². The van der Waals surface area contributed by atoms with Crippen molar-refractivity contribution in [3.8, 4) is 0 Å². The molecule has 158 valence electrons. The summed E-state index contributed by atoms with van der Waals surface area (Å²) in [4.78, 5) is 28.5. The van der Waals surface area contributed by atoms with E-state index in [9.17, 15) is 9.59 Å². The van der Waals surface area contributed by atoms with Crippen LogP contribution in [0.1, 0.15) is 44.0 Å². The number of piperidine rings is 1. The highest BCUT2D eigenvalue weighted by molar-refractivity contribution is 5.94. The first-order chi connectivity index (χ1) is 17.3. The van der Waals surface area contributed by atoms with Crippen molar-refractivity contribution in [3.05, 3.63) is 40.7 Å². The molecule has 0 atom stereocenters. The number of ether oxygens (including phenoxy) is 1. The van der Waals surface area contributed by atoms with Crippen LogP contribution in [0.3, 0.4) is 0 Å². The van der Waals surface area contributed by atoms with Crippen molar-refractivity contribution in [2.75, 3.05) is 31.6 Å². The van der Waals surface area contributed by atoms with Crippen LogP contribution in [0.2, 0.25) is 0 Å². The lowest BCUT2D eigenvalue weighted by Crippen LogP contribution is -2.59. The Morgan fingerprint density at radius 1 is 1.24 bits per heavy atom. The van der Waals surface area contributed by atoms with Crippen LogP contribution in [0.4, 0.5) is 5.69 Å². The molecule has 0 N–H and O–H groups in total. The number of aromatic nitrogens is 4. The van der Waals surface area contributed by atoms with E-state index in [0.717, 1.165) is 4.90 Å². The number of likely N-dealkylation sites (tertiary alicyclic amines) is 1. The molecule has 0 saturated carbocycles. The molecular weight excluding hydrogens is 372 g/mol. The summed E-state index contributed by atoms with van der Waals surface area (Å²) in [5, 5.41) is 7.64. The highest BCUT2D eigenvalue weighted by Crippen LogP contribution is 2.34. The van der Waals surface area contributed by atoms with Gasteiger partial charge in [-0.25, -0.2) is 4.79 Å². The molecule has 1 aromatic carbocycles. The van der Waals surface area contributed by atoms with Crippen molar-refractivity contribution in [1.29, 1.82) is 0 Å². The van der Waals surface area contributed by atoms with Gasteiger partial charge in [-0.2, -0.15) is 9.36 Å². The molecule has 1 amide bonds. The van der Waals surface area contributed by atoms with E-state index in [2.05, 4.69) is 10.4 Å². The lowest BCUT2D eigenvalue weighted by Gasteiger charge is -2.47. The van der Waals surface area contributed by atoms with E-state index >= 15 is 0 Å². The molecule has 1 aliphatic rings. The second-order valence-electron chi connectivity index (χ2n) is 6.67. The molecule has 1 fully saturated rings. The molecular formula is C20H30N6O3. The van der Waals surface area contributed by atoms with Crippen LogP contribution in [0.5, 0.6) is 0 Å². The van der Waals surface area contributed by atoms with Crippen LogP contribution in [0, 0.1) is 0 Å². The summed E-state index contributed by atoms with van der Waals surface area (Å²) < 4.78 is 71.7. The summed E-state index contributed by atoms with van der Waals surface area (Å²) in [7, 11) is 1.34. The first-order valence-corrected chi connectivity index (χ1v) is 9.44. The van der Waals surface area contributed by atoms with Gasteiger partial charge >= 0.3 is 5.69 Å². The van der Waals surface area contributed by atoms with Crippen LogP contribution >= 0.6 is 0 Å². The smallest absolute Gasteiger partial charge is 0.358 e. The van der Waals surface area contributed by atoms with Crippen LogP contribution in [-0.2, 0) is 22.6 Å². The number of methoxy groups -OCH3 is 1. The Morgan fingerprint density at radius 2 is 1.93 bits per heavy atom. The third-order valence-electron chi connectivity index (χ3n) is 5.16. The van der Waals surface area contributed by atoms with Crippen LogP contribution in [0.15, 0.2) is 35.0 Å². The van der Waals surface area contributed by atoms with Crippen LogP contribution in [-0.4, -0.2) is 63.1 Å². The average Bonchev–Trinajstić information content (AvgIpc) is 3.21. The number of hydrogen-bond acceptors (Lipinski definition) is 6. The SMILES string of the molecule is [2H]c1c([2H])c([2H])c(N(C(=O)CC([2H])([2H])[2H])C2(OC)CCN(CCn3nnn(CC)c3=O)CC2)c([2H])c1[2H]. The van der Waals surface area contributed by atoms with Crippen molar-refractivity contribution < 1.29 is 20.5 Å². The zero-order valence-corrected chi connectivity index (χ0v) is 16.6. The van der Waals surface area contributed by atoms with E-state index in [1.807, 2.05) is 4.90 Å². The lowest BCUT2D eigenvalue weighted by molar-refractivity contribution is -0.128. The number of nitrogens with zero attached hydrogens (tertiary/aromatic N) is 6. The Balaban J connectivity index is 1.93. The number of benzene rings is 1. The summed E-state index contributed by atoms with van der Waals surface area (Å²) >= 11 is 0. The van der Waals surface area contributed by atoms with E-state index in [0.29, 0.717) is 26.2 Å². The maximum Gasteiger partial charge on any atom is 0.363 e. The monoisotopic (exact) mass is 410 g/mol. The number of rotatable bonds is 8. The average molecular weight is 411 g/mol. The quantitative estimate of drug-likeness (QED) is 0.611. The van der Waals surface area contributed by atoms with Gasteiger partial charge in [-0.3, -0.25) is 9.69 Å². The molecule has 9 nitrogen and oxygen atoms in total. The standard InChI is InChI=1S/C20H30N6O3/c1-4-18(27)26(17-9-7-6-8-10-17)20(29-3)11-13-23(14-12-20)15-16-25-19(28)24(5-2)21-22-25/h6-10H,4-5,11-16H2,1-3H3/i1D3,6D,7D,8D,9D,10D. The van der Waals surface area contributed by atoms with Gasteiger partial charge in [0.2, 0.25) is 5.91 Å². The van der Waals surface area contributed by atoms with Crippen LogP contribution < -0.4 is 10.6 Å². The van der Waals surface area contributed by atoms with Crippen molar-refractivity contribution in [3.63, 3.8) is 0 Å². The molecule has 0 radical (unpaired) electrons. The molecule has 0 spiro atoms. The molecule has 2 aromatic rings. The van der Waals surface area contributed by atoms with Gasteiger partial charge in [0.1, 0.15) is 5.72 Å². The van der Waals surface area contributed by atoms with Gasteiger partial charge in [-0.15, -0.1) is 0 Å². The van der Waals surface area contributed by atoms with Gasteiger partial charge in [0.05, 0.1) is 13.4 Å². The molecule has 0 unspecified atom stereocenters. The van der Waals surface area contributed by atoms with Crippen molar-refractivity contribution in [2.24, 2.45) is 0 Å². The van der Waals surface area contributed by atoms with Crippen LogP contribution in [0.25, 0.3) is 0 Å². The normalized spacial score (nSPS) is 21.0. The Labute approximate surface area is 182 Å². The second-order valence-corrected chi connectivity index (χ2v) is 6.67. The molecule has 2 heterocycles. The molecule has 1 aromatic heterocycles. The third kappa shape index (κ3) is 4.40. The molecule has 3 rings (SSSR count). The maximum absolute atomic E-state index is 13.4. The Morgan fingerprint density at radius 3 is 2.52 bits per heavy atom. The molecule has 1 saturated heterocycles. The van der Waals surface area contributed by atoms with Crippen molar-refractivity contribution in [2.45, 2.75) is 51.9 Å². The fourth-order valence-corrected chi connectivity index (χ4v) is 3.52. The fourth-order valence-electron chi connectivity index (χ4n) is 3.52. The number of carbonyl (C=O) groups excluding carboxylic acids is 1. The predicted octanol–water partition coefficient (Wildman–Crippen LogP) is 1.34. The zero-order valence-electron chi connectivity index (χ0n) is 24.6. The summed E-state index contributed by atoms with van der Waals surface area (Å²) in [5.41, 5.74) is -2.19. The maximum atomic E-state index is 13.4. The van der Waals surface area contributed by atoms with E-state index in [1.165, 1.54) is 16.5 Å². The van der Waals surface area contributed by atoms with E-state index in [-0.39, 0.29) is 25.1 Å². The van der Waals surface area contributed by atoms with Gasteiger partial charge in [0.15, 0.2) is 0 Å². The highest BCUT2D eigenvalue weighted by Gasteiger charge is 2.43. The fraction of sp³-hybridized carbons (Fsp3) is 0.600. The summed E-state index contributed by atoms with van der Waals surface area (Å²) in [6.07, 6.45) is -0.579. The minimum atomic E-state index is -2.65. The number of tetrazole rings is 1. The zero-order chi connectivity index (χ0) is 27.7. The van der Waals surface area contributed by atoms with Gasteiger partial charge in [0.25, 0.3) is 0 Å². The minimum absolute atomic E-state index is 0.162. The Hall–Kier alpha value is -2.52. The third-order valence-corrected chi connectivity index (χ3v) is 5.16. The molecule has 1 aliphatic heterocycles. The largest absolute Gasteiger partial charge is 0.363 e. The number of anilines is 1. The van der Waals surface area contributed by atoms with E-state index < -0.39 is 60.8 Å². The van der Waals surface area contributed by atoms with Crippen molar-refractivity contribution in [1.82, 2.24) is 24.7 Å². The molecule has 9 heteroatoms. The Kier molecular flexibility index (Phi) is 4.15. The Bertz CT molecular complexity index is 1180. The van der Waals surface area contributed by atoms with E-state index in [1.54, 1.807) is 6.92 Å². The number of para-hydroxylation sites is 1. The lowest BCUT2D eigenvalue weighted by atomic mass is 9.96. The van der Waals surface area contributed by atoms with Crippen molar-refractivity contribution >= 4 is 11.6 Å². The van der Waals surface area contributed by atoms with Gasteiger partial charge in [-0.1, -0.05) is 25.0 Å². The predicted molar refractivity (Wildman–Crippen MR) is 110 cm³/mol.